The van der Waals surface area contributed by atoms with Gasteiger partial charge in [0.15, 0.2) is 0 Å². The monoisotopic (exact) mass is 451 g/mol. The van der Waals surface area contributed by atoms with Crippen molar-refractivity contribution in [1.29, 1.82) is 0 Å². The van der Waals surface area contributed by atoms with Gasteiger partial charge in [-0.3, -0.25) is 4.79 Å². The standard InChI is InChI=1S/C20H23Br2NO/c1-4-13(2)12-23-20(24)9-14(3)5-6-15-10-17(15)16-7-8-18(21)19(22)11-16/h4-9,11,15,17H,10,12H2,1-3H3,(H,23,24)/b6-5+,13-4?,14-9+/t15-,17-/m1/s1. The molecule has 2 atom stereocenters. The number of benzene rings is 1. The van der Waals surface area contributed by atoms with Crippen molar-refractivity contribution in [2.24, 2.45) is 5.92 Å². The lowest BCUT2D eigenvalue weighted by Crippen LogP contribution is -2.23. The van der Waals surface area contributed by atoms with Gasteiger partial charge in [0.1, 0.15) is 0 Å². The Kier molecular flexibility index (Phi) is 7.05. The van der Waals surface area contributed by atoms with Crippen LogP contribution in [0.2, 0.25) is 0 Å². The van der Waals surface area contributed by atoms with E-state index in [1.807, 2.05) is 26.8 Å². The number of hydrogen-bond donors (Lipinski definition) is 1. The van der Waals surface area contributed by atoms with Gasteiger partial charge in [-0.15, -0.1) is 0 Å². The number of carbonyl (C=O) groups is 1. The molecule has 128 valence electrons. The summed E-state index contributed by atoms with van der Waals surface area (Å²) < 4.78 is 2.18. The summed E-state index contributed by atoms with van der Waals surface area (Å²) in [7, 11) is 0. The van der Waals surface area contributed by atoms with Crippen molar-refractivity contribution in [3.63, 3.8) is 0 Å². The molecule has 1 aliphatic rings. The van der Waals surface area contributed by atoms with E-state index in [0.717, 1.165) is 20.1 Å². The number of allylic oxidation sites excluding steroid dienone is 4. The molecule has 0 bridgehead atoms. The van der Waals surface area contributed by atoms with E-state index in [2.05, 4.69) is 67.5 Å². The molecule has 0 heterocycles. The average molecular weight is 453 g/mol. The average Bonchev–Trinajstić information content (AvgIpc) is 3.33. The molecule has 0 spiro atoms. The van der Waals surface area contributed by atoms with Crippen molar-refractivity contribution in [3.8, 4) is 0 Å². The zero-order valence-corrected chi connectivity index (χ0v) is 17.4. The van der Waals surface area contributed by atoms with E-state index in [4.69, 9.17) is 0 Å². The summed E-state index contributed by atoms with van der Waals surface area (Å²) in [5.74, 6) is 1.11. The van der Waals surface area contributed by atoms with Crippen LogP contribution in [-0.2, 0) is 4.79 Å². The molecular weight excluding hydrogens is 430 g/mol. The molecule has 0 aliphatic heterocycles. The van der Waals surface area contributed by atoms with Gasteiger partial charge in [0.2, 0.25) is 5.91 Å². The maximum Gasteiger partial charge on any atom is 0.244 e. The molecule has 1 aromatic rings. The number of hydrogen-bond acceptors (Lipinski definition) is 1. The highest BCUT2D eigenvalue weighted by Gasteiger charge is 2.36. The first kappa shape index (κ1) is 19.2. The fraction of sp³-hybridized carbons (Fsp3) is 0.350. The molecule has 1 aromatic carbocycles. The summed E-state index contributed by atoms with van der Waals surface area (Å²) in [6.07, 6.45) is 9.11. The predicted octanol–water partition coefficient (Wildman–Crippen LogP) is 5.90. The fourth-order valence-electron chi connectivity index (χ4n) is 2.46. The summed E-state index contributed by atoms with van der Waals surface area (Å²) >= 11 is 7.06. The van der Waals surface area contributed by atoms with Gasteiger partial charge in [-0.25, -0.2) is 0 Å². The van der Waals surface area contributed by atoms with Crippen LogP contribution in [-0.4, -0.2) is 12.5 Å². The van der Waals surface area contributed by atoms with E-state index in [0.29, 0.717) is 18.4 Å². The smallest absolute Gasteiger partial charge is 0.244 e. The van der Waals surface area contributed by atoms with Gasteiger partial charge < -0.3 is 5.32 Å². The second-order valence-corrected chi connectivity index (χ2v) is 7.99. The molecular formula is C20H23Br2NO. The van der Waals surface area contributed by atoms with Crippen molar-refractivity contribution in [1.82, 2.24) is 5.32 Å². The quantitative estimate of drug-likeness (QED) is 0.325. The van der Waals surface area contributed by atoms with E-state index in [-0.39, 0.29) is 5.91 Å². The summed E-state index contributed by atoms with van der Waals surface area (Å²) in [5.41, 5.74) is 3.50. The molecule has 24 heavy (non-hydrogen) atoms. The maximum absolute atomic E-state index is 11.8. The zero-order valence-electron chi connectivity index (χ0n) is 14.3. The first-order valence-corrected chi connectivity index (χ1v) is 9.70. The third-order valence-corrected chi connectivity index (χ3v) is 6.09. The van der Waals surface area contributed by atoms with Gasteiger partial charge in [0.25, 0.3) is 0 Å². The molecule has 1 fully saturated rings. The van der Waals surface area contributed by atoms with Gasteiger partial charge >= 0.3 is 0 Å². The molecule has 1 amide bonds. The van der Waals surface area contributed by atoms with Crippen LogP contribution in [0.5, 0.6) is 0 Å². The number of rotatable bonds is 6. The van der Waals surface area contributed by atoms with Crippen LogP contribution in [0.1, 0.15) is 38.7 Å². The third kappa shape index (κ3) is 5.75. The van der Waals surface area contributed by atoms with Crippen molar-refractivity contribution in [2.75, 3.05) is 6.54 Å². The van der Waals surface area contributed by atoms with Gasteiger partial charge in [-0.1, -0.05) is 29.9 Å². The van der Waals surface area contributed by atoms with Gasteiger partial charge in [-0.2, -0.15) is 0 Å². The molecule has 0 saturated heterocycles. The Hall–Kier alpha value is -1.13. The van der Waals surface area contributed by atoms with E-state index in [1.165, 1.54) is 12.0 Å². The van der Waals surface area contributed by atoms with Crippen LogP contribution in [0.4, 0.5) is 0 Å². The largest absolute Gasteiger partial charge is 0.349 e. The SMILES string of the molecule is CC=C(C)CNC(=O)/C=C(C)/C=C/[C@@H]1C[C@H]1c1ccc(Br)c(Br)c1. The molecule has 1 saturated carbocycles. The Balaban J connectivity index is 1.86. The Morgan fingerprint density at radius 3 is 2.71 bits per heavy atom. The van der Waals surface area contributed by atoms with Gasteiger partial charge in [-0.05, 0) is 94.2 Å². The molecule has 0 unspecified atom stereocenters. The van der Waals surface area contributed by atoms with Crippen molar-refractivity contribution in [2.45, 2.75) is 33.1 Å². The zero-order chi connectivity index (χ0) is 17.7. The molecule has 1 aliphatic carbocycles. The number of nitrogens with one attached hydrogen (secondary N) is 1. The Labute approximate surface area is 161 Å². The molecule has 4 heteroatoms. The van der Waals surface area contributed by atoms with Crippen LogP contribution in [0.25, 0.3) is 0 Å². The second kappa shape index (κ2) is 8.82. The molecule has 2 nitrogen and oxygen atoms in total. The van der Waals surface area contributed by atoms with E-state index in [9.17, 15) is 4.79 Å². The molecule has 0 aromatic heterocycles. The van der Waals surface area contributed by atoms with Crippen LogP contribution in [0.3, 0.4) is 0 Å². The second-order valence-electron chi connectivity index (χ2n) is 6.28. The van der Waals surface area contributed by atoms with Crippen LogP contribution < -0.4 is 5.32 Å². The summed E-state index contributed by atoms with van der Waals surface area (Å²) in [6, 6.07) is 6.44. The highest BCUT2D eigenvalue weighted by molar-refractivity contribution is 9.13. The van der Waals surface area contributed by atoms with E-state index in [1.54, 1.807) is 6.08 Å². The van der Waals surface area contributed by atoms with Crippen molar-refractivity contribution in [3.05, 3.63) is 68.2 Å². The summed E-state index contributed by atoms with van der Waals surface area (Å²) in [5, 5.41) is 2.89. The number of halogens is 2. The lowest BCUT2D eigenvalue weighted by molar-refractivity contribution is -0.116. The maximum atomic E-state index is 11.8. The minimum atomic E-state index is -0.0393. The lowest BCUT2D eigenvalue weighted by atomic mass is 10.1. The first-order valence-electron chi connectivity index (χ1n) is 8.11. The minimum absolute atomic E-state index is 0.0393. The number of amides is 1. The van der Waals surface area contributed by atoms with Crippen molar-refractivity contribution < 1.29 is 4.79 Å². The third-order valence-electron chi connectivity index (χ3n) is 4.21. The van der Waals surface area contributed by atoms with E-state index < -0.39 is 0 Å². The van der Waals surface area contributed by atoms with Gasteiger partial charge in [0.05, 0.1) is 0 Å². The van der Waals surface area contributed by atoms with Gasteiger partial charge in [0, 0.05) is 21.6 Å². The van der Waals surface area contributed by atoms with E-state index >= 15 is 0 Å². The minimum Gasteiger partial charge on any atom is -0.349 e. The van der Waals surface area contributed by atoms with Crippen molar-refractivity contribution >= 4 is 37.8 Å². The molecule has 1 N–H and O–H groups in total. The van der Waals surface area contributed by atoms with Crippen LogP contribution >= 0.6 is 31.9 Å². The topological polar surface area (TPSA) is 29.1 Å². The van der Waals surface area contributed by atoms with Crippen LogP contribution in [0, 0.1) is 5.92 Å². The molecule has 0 radical (unpaired) electrons. The summed E-state index contributed by atoms with van der Waals surface area (Å²) in [6.45, 7) is 6.55. The Morgan fingerprint density at radius 1 is 1.29 bits per heavy atom. The number of carbonyl (C=O) groups excluding carboxylic acids is 1. The highest BCUT2D eigenvalue weighted by Crippen LogP contribution is 2.49. The highest BCUT2D eigenvalue weighted by atomic mass is 79.9. The summed E-state index contributed by atoms with van der Waals surface area (Å²) in [4.78, 5) is 11.8. The lowest BCUT2D eigenvalue weighted by Gasteiger charge is -2.02. The predicted molar refractivity (Wildman–Crippen MR) is 108 cm³/mol. The van der Waals surface area contributed by atoms with Crippen LogP contribution in [0.15, 0.2) is 62.6 Å². The first-order chi connectivity index (χ1) is 11.4. The normalized spacial score (nSPS) is 21.2. The molecule has 2 rings (SSSR count). The Morgan fingerprint density at radius 2 is 2.04 bits per heavy atom. The Bertz CT molecular complexity index is 704. The fourth-order valence-corrected chi connectivity index (χ4v) is 3.11.